The van der Waals surface area contributed by atoms with Crippen LogP contribution in [-0.2, 0) is 13.6 Å². The van der Waals surface area contributed by atoms with Crippen molar-refractivity contribution in [3.05, 3.63) is 53.9 Å². The van der Waals surface area contributed by atoms with Crippen LogP contribution >= 0.6 is 0 Å². The molecule has 0 spiro atoms. The van der Waals surface area contributed by atoms with Gasteiger partial charge in [-0.25, -0.2) is 9.37 Å². The third-order valence-corrected chi connectivity index (χ3v) is 3.93. The van der Waals surface area contributed by atoms with Crippen molar-refractivity contribution in [2.45, 2.75) is 31.3 Å². The van der Waals surface area contributed by atoms with Crippen LogP contribution in [0.2, 0.25) is 0 Å². The van der Waals surface area contributed by atoms with Crippen LogP contribution in [0.1, 0.15) is 30.1 Å². The molecule has 1 aliphatic rings. The second kappa shape index (κ2) is 5.13. The van der Waals surface area contributed by atoms with Gasteiger partial charge in [0.1, 0.15) is 11.6 Å². The van der Waals surface area contributed by atoms with E-state index >= 15 is 0 Å². The predicted molar refractivity (Wildman–Crippen MR) is 72.2 cm³/mol. The summed E-state index contributed by atoms with van der Waals surface area (Å²) in [4.78, 5) is 4.29. The van der Waals surface area contributed by atoms with E-state index in [4.69, 9.17) is 0 Å². The summed E-state index contributed by atoms with van der Waals surface area (Å²) in [5.41, 5.74) is 1.12. The molecule has 0 bridgehead atoms. The lowest BCUT2D eigenvalue weighted by Crippen LogP contribution is -2.40. The van der Waals surface area contributed by atoms with Crippen molar-refractivity contribution < 1.29 is 4.39 Å². The van der Waals surface area contributed by atoms with E-state index in [1.54, 1.807) is 12.1 Å². The van der Waals surface area contributed by atoms with Crippen molar-refractivity contribution >= 4 is 0 Å². The lowest BCUT2D eigenvalue weighted by Gasteiger charge is -2.36. The molecule has 1 heterocycles. The molecule has 0 atom stereocenters. The van der Waals surface area contributed by atoms with Gasteiger partial charge in [-0.05, 0) is 36.5 Å². The first-order valence-electron chi connectivity index (χ1n) is 6.67. The van der Waals surface area contributed by atoms with Gasteiger partial charge in [0.15, 0.2) is 0 Å². The molecule has 3 nitrogen and oxygen atoms in total. The summed E-state index contributed by atoms with van der Waals surface area (Å²) in [6, 6.07) is 7.48. The van der Waals surface area contributed by atoms with E-state index in [-0.39, 0.29) is 5.82 Å². The molecule has 1 aliphatic carbocycles. The predicted octanol–water partition coefficient (Wildman–Crippen LogP) is 2.60. The summed E-state index contributed by atoms with van der Waals surface area (Å²) in [7, 11) is 2.00. The van der Waals surface area contributed by atoms with E-state index in [1.165, 1.54) is 6.07 Å². The number of aromatic nitrogens is 2. The summed E-state index contributed by atoms with van der Waals surface area (Å²) in [5.74, 6) is 1.41. The second-order valence-corrected chi connectivity index (χ2v) is 5.26. The number of aryl methyl sites for hydroxylation is 1. The fourth-order valence-corrected chi connectivity index (χ4v) is 2.62. The van der Waals surface area contributed by atoms with Crippen molar-refractivity contribution in [1.29, 1.82) is 0 Å². The van der Waals surface area contributed by atoms with Crippen LogP contribution in [0.5, 0.6) is 0 Å². The molecule has 1 N–H and O–H groups in total. The first-order valence-corrected chi connectivity index (χ1v) is 6.67. The van der Waals surface area contributed by atoms with Gasteiger partial charge in [-0.3, -0.25) is 0 Å². The molecule has 19 heavy (non-hydrogen) atoms. The topological polar surface area (TPSA) is 29.9 Å². The molecule has 1 aromatic carbocycles. The van der Waals surface area contributed by atoms with E-state index in [0.717, 1.165) is 30.8 Å². The van der Waals surface area contributed by atoms with Gasteiger partial charge in [0.05, 0.1) is 6.54 Å². The third-order valence-electron chi connectivity index (χ3n) is 3.93. The fraction of sp³-hybridized carbons (Fsp3) is 0.400. The SMILES string of the molecule is Cn1ccnc1CNC1CC(c2cccc(F)c2)C1. The number of nitrogens with one attached hydrogen (secondary N) is 1. The Morgan fingerprint density at radius 1 is 1.42 bits per heavy atom. The van der Waals surface area contributed by atoms with E-state index < -0.39 is 0 Å². The number of nitrogens with zero attached hydrogens (tertiary/aromatic N) is 2. The Morgan fingerprint density at radius 2 is 2.26 bits per heavy atom. The maximum Gasteiger partial charge on any atom is 0.123 e. The van der Waals surface area contributed by atoms with Crippen LogP contribution in [0.15, 0.2) is 36.7 Å². The maximum atomic E-state index is 13.1. The summed E-state index contributed by atoms with van der Waals surface area (Å²) in [6.07, 6.45) is 5.92. The highest BCUT2D eigenvalue weighted by Gasteiger charge is 2.30. The fourth-order valence-electron chi connectivity index (χ4n) is 2.62. The highest BCUT2D eigenvalue weighted by atomic mass is 19.1. The number of benzene rings is 1. The molecule has 2 aromatic rings. The van der Waals surface area contributed by atoms with Crippen molar-refractivity contribution in [1.82, 2.24) is 14.9 Å². The minimum Gasteiger partial charge on any atom is -0.337 e. The number of imidazole rings is 1. The monoisotopic (exact) mass is 259 g/mol. The van der Waals surface area contributed by atoms with Gasteiger partial charge in [0.25, 0.3) is 0 Å². The van der Waals surface area contributed by atoms with Crippen molar-refractivity contribution in [2.24, 2.45) is 7.05 Å². The van der Waals surface area contributed by atoms with Gasteiger partial charge in [-0.15, -0.1) is 0 Å². The number of hydrogen-bond donors (Lipinski definition) is 1. The molecule has 1 aromatic heterocycles. The largest absolute Gasteiger partial charge is 0.337 e. The van der Waals surface area contributed by atoms with Gasteiger partial charge in [-0.2, -0.15) is 0 Å². The maximum absolute atomic E-state index is 13.1. The molecule has 0 amide bonds. The van der Waals surface area contributed by atoms with Crippen LogP contribution in [0.3, 0.4) is 0 Å². The molecule has 100 valence electrons. The smallest absolute Gasteiger partial charge is 0.123 e. The van der Waals surface area contributed by atoms with E-state index in [1.807, 2.05) is 30.1 Å². The Hall–Kier alpha value is -1.68. The molecular formula is C15H18FN3. The normalized spacial score (nSPS) is 22.2. The Morgan fingerprint density at radius 3 is 2.95 bits per heavy atom. The molecule has 0 radical (unpaired) electrons. The number of halogens is 1. The average molecular weight is 259 g/mol. The van der Waals surface area contributed by atoms with E-state index in [2.05, 4.69) is 10.3 Å². The van der Waals surface area contributed by atoms with Crippen LogP contribution in [0.25, 0.3) is 0 Å². The minimum atomic E-state index is -0.137. The number of rotatable bonds is 4. The van der Waals surface area contributed by atoms with Crippen LogP contribution in [0.4, 0.5) is 4.39 Å². The molecule has 4 heteroatoms. The first kappa shape index (κ1) is 12.4. The number of hydrogen-bond acceptors (Lipinski definition) is 2. The van der Waals surface area contributed by atoms with E-state index in [0.29, 0.717) is 12.0 Å². The zero-order chi connectivity index (χ0) is 13.2. The van der Waals surface area contributed by atoms with Gasteiger partial charge < -0.3 is 9.88 Å². The molecular weight excluding hydrogens is 241 g/mol. The Labute approximate surface area is 112 Å². The van der Waals surface area contributed by atoms with Gasteiger partial charge in [0, 0.05) is 25.5 Å². The Balaban J connectivity index is 1.49. The lowest BCUT2D eigenvalue weighted by atomic mass is 9.76. The summed E-state index contributed by atoms with van der Waals surface area (Å²) in [5, 5.41) is 3.50. The highest BCUT2D eigenvalue weighted by Crippen LogP contribution is 2.37. The summed E-state index contributed by atoms with van der Waals surface area (Å²) in [6.45, 7) is 0.796. The molecule has 0 aliphatic heterocycles. The van der Waals surface area contributed by atoms with Crippen LogP contribution in [0, 0.1) is 5.82 Å². The van der Waals surface area contributed by atoms with Gasteiger partial charge in [-0.1, -0.05) is 12.1 Å². The molecule has 0 saturated heterocycles. The standard InChI is InChI=1S/C15H18FN3/c1-19-6-5-17-15(19)10-18-14-8-12(9-14)11-3-2-4-13(16)7-11/h2-7,12,14,18H,8-10H2,1H3. The zero-order valence-electron chi connectivity index (χ0n) is 11.0. The van der Waals surface area contributed by atoms with Crippen molar-refractivity contribution in [3.8, 4) is 0 Å². The van der Waals surface area contributed by atoms with Gasteiger partial charge >= 0.3 is 0 Å². The van der Waals surface area contributed by atoms with Crippen LogP contribution in [-0.4, -0.2) is 15.6 Å². The minimum absolute atomic E-state index is 0.137. The quantitative estimate of drug-likeness (QED) is 0.914. The zero-order valence-corrected chi connectivity index (χ0v) is 11.0. The molecule has 1 saturated carbocycles. The Bertz CT molecular complexity index is 558. The van der Waals surface area contributed by atoms with Gasteiger partial charge in [0.2, 0.25) is 0 Å². The summed E-state index contributed by atoms with van der Waals surface area (Å²) < 4.78 is 15.2. The first-order chi connectivity index (χ1) is 9.22. The third kappa shape index (κ3) is 2.68. The van der Waals surface area contributed by atoms with Crippen molar-refractivity contribution in [3.63, 3.8) is 0 Å². The van der Waals surface area contributed by atoms with Crippen molar-refractivity contribution in [2.75, 3.05) is 0 Å². The summed E-state index contributed by atoms with van der Waals surface area (Å²) >= 11 is 0. The molecule has 1 fully saturated rings. The molecule has 3 rings (SSSR count). The highest BCUT2D eigenvalue weighted by molar-refractivity contribution is 5.23. The second-order valence-electron chi connectivity index (χ2n) is 5.26. The van der Waals surface area contributed by atoms with Crippen LogP contribution < -0.4 is 5.32 Å². The Kier molecular flexibility index (Phi) is 3.34. The molecule has 0 unspecified atom stereocenters. The van der Waals surface area contributed by atoms with E-state index in [9.17, 15) is 4.39 Å². The lowest BCUT2D eigenvalue weighted by molar-refractivity contribution is 0.286. The average Bonchev–Trinajstić information content (AvgIpc) is 2.73.